The normalized spacial score (nSPS) is 10.2. The lowest BCUT2D eigenvalue weighted by atomic mass is 10.2. The molecular weight excluding hydrogens is 194 g/mol. The van der Waals surface area contributed by atoms with Gasteiger partial charge in [0, 0.05) is 12.3 Å². The van der Waals surface area contributed by atoms with Crippen molar-refractivity contribution in [2.45, 2.75) is 6.92 Å². The molecule has 0 spiro atoms. The zero-order valence-corrected chi connectivity index (χ0v) is 8.34. The topological polar surface area (TPSA) is 56.3 Å². The van der Waals surface area contributed by atoms with Gasteiger partial charge < -0.3 is 4.74 Å². The van der Waals surface area contributed by atoms with Gasteiger partial charge >= 0.3 is 5.97 Å². The summed E-state index contributed by atoms with van der Waals surface area (Å²) in [5, 5.41) is 0. The third-order valence-electron chi connectivity index (χ3n) is 1.57. The summed E-state index contributed by atoms with van der Waals surface area (Å²) in [4.78, 5) is 26.1. The number of hydrogen-bond acceptors (Lipinski definition) is 4. The Bertz CT molecular complexity index is 371. The van der Waals surface area contributed by atoms with Gasteiger partial charge in [-0.25, -0.2) is 4.79 Å². The number of pyridine rings is 1. The average molecular weight is 205 g/mol. The first-order valence-corrected chi connectivity index (χ1v) is 4.54. The Labute approximate surface area is 87.6 Å². The van der Waals surface area contributed by atoms with Gasteiger partial charge in [0.2, 0.25) is 5.78 Å². The van der Waals surface area contributed by atoms with E-state index in [1.54, 1.807) is 25.1 Å². The number of nitrogens with zero attached hydrogens (tertiary/aromatic N) is 1. The number of ketones is 1. The predicted octanol–water partition coefficient (Wildman–Crippen LogP) is 1.38. The Morgan fingerprint density at radius 2 is 2.20 bits per heavy atom. The second-order valence-electron chi connectivity index (χ2n) is 2.66. The molecule has 0 N–H and O–H groups in total. The molecule has 0 amide bonds. The molecule has 0 aliphatic carbocycles. The van der Waals surface area contributed by atoms with E-state index in [4.69, 9.17) is 0 Å². The molecule has 1 rings (SSSR count). The average Bonchev–Trinajstić information content (AvgIpc) is 2.27. The fourth-order valence-electron chi connectivity index (χ4n) is 0.928. The molecule has 0 unspecified atom stereocenters. The van der Waals surface area contributed by atoms with Crippen LogP contribution in [0.25, 0.3) is 0 Å². The molecule has 0 aliphatic heterocycles. The number of rotatable bonds is 4. The van der Waals surface area contributed by atoms with Crippen molar-refractivity contribution in [3.63, 3.8) is 0 Å². The van der Waals surface area contributed by atoms with Gasteiger partial charge in [-0.3, -0.25) is 9.78 Å². The first-order chi connectivity index (χ1) is 7.24. The molecule has 78 valence electrons. The van der Waals surface area contributed by atoms with E-state index in [9.17, 15) is 9.59 Å². The summed E-state index contributed by atoms with van der Waals surface area (Å²) >= 11 is 0. The van der Waals surface area contributed by atoms with Crippen LogP contribution in [0.3, 0.4) is 0 Å². The molecule has 4 nitrogen and oxygen atoms in total. The third-order valence-corrected chi connectivity index (χ3v) is 1.57. The maximum Gasteiger partial charge on any atom is 0.330 e. The zero-order valence-electron chi connectivity index (χ0n) is 8.34. The first kappa shape index (κ1) is 11.1. The largest absolute Gasteiger partial charge is 0.463 e. The summed E-state index contributed by atoms with van der Waals surface area (Å²) in [5.41, 5.74) is 0.304. The van der Waals surface area contributed by atoms with Crippen LogP contribution in [0.4, 0.5) is 0 Å². The van der Waals surface area contributed by atoms with Crippen LogP contribution in [0.2, 0.25) is 0 Å². The lowest BCUT2D eigenvalue weighted by Crippen LogP contribution is -2.02. The molecular formula is C11H11NO3. The molecule has 0 radical (unpaired) electrons. The van der Waals surface area contributed by atoms with Crippen LogP contribution in [0.15, 0.2) is 36.5 Å². The Hall–Kier alpha value is -1.97. The molecule has 0 fully saturated rings. The fourth-order valence-corrected chi connectivity index (χ4v) is 0.928. The molecule has 1 heterocycles. The van der Waals surface area contributed by atoms with Crippen molar-refractivity contribution in [2.24, 2.45) is 0 Å². The molecule has 15 heavy (non-hydrogen) atoms. The van der Waals surface area contributed by atoms with Crippen LogP contribution in [-0.4, -0.2) is 23.3 Å². The van der Waals surface area contributed by atoms with Gasteiger partial charge in [-0.2, -0.15) is 0 Å². The highest BCUT2D eigenvalue weighted by atomic mass is 16.5. The zero-order chi connectivity index (χ0) is 11.1. The van der Waals surface area contributed by atoms with Gasteiger partial charge in [-0.15, -0.1) is 0 Å². The summed E-state index contributed by atoms with van der Waals surface area (Å²) in [6.45, 7) is 1.99. The number of carbonyl (C=O) groups is 2. The molecule has 0 bridgehead atoms. The summed E-state index contributed by atoms with van der Waals surface area (Å²) < 4.78 is 4.63. The van der Waals surface area contributed by atoms with E-state index in [-0.39, 0.29) is 5.78 Å². The van der Waals surface area contributed by atoms with Crippen molar-refractivity contribution in [1.29, 1.82) is 0 Å². The highest BCUT2D eigenvalue weighted by Crippen LogP contribution is 1.96. The van der Waals surface area contributed by atoms with Gasteiger partial charge in [0.05, 0.1) is 6.61 Å². The van der Waals surface area contributed by atoms with E-state index < -0.39 is 5.97 Å². The maximum atomic E-state index is 11.4. The van der Waals surface area contributed by atoms with E-state index in [1.807, 2.05) is 0 Å². The van der Waals surface area contributed by atoms with Crippen LogP contribution in [0, 0.1) is 0 Å². The summed E-state index contributed by atoms with van der Waals surface area (Å²) in [7, 11) is 0. The number of ether oxygens (including phenoxy) is 1. The van der Waals surface area contributed by atoms with Crippen LogP contribution in [-0.2, 0) is 9.53 Å². The van der Waals surface area contributed by atoms with Crippen molar-refractivity contribution < 1.29 is 14.3 Å². The molecule has 0 atom stereocenters. The van der Waals surface area contributed by atoms with Gasteiger partial charge in [0.15, 0.2) is 0 Å². The molecule has 1 aromatic rings. The third kappa shape index (κ3) is 3.72. The minimum atomic E-state index is -0.526. The first-order valence-electron chi connectivity index (χ1n) is 4.54. The van der Waals surface area contributed by atoms with Gasteiger partial charge in [-0.05, 0) is 25.1 Å². The molecule has 0 aromatic carbocycles. The maximum absolute atomic E-state index is 11.4. The predicted molar refractivity (Wildman–Crippen MR) is 54.3 cm³/mol. The Morgan fingerprint density at radius 1 is 1.40 bits per heavy atom. The summed E-state index contributed by atoms with van der Waals surface area (Å²) in [6, 6.07) is 5.00. The van der Waals surface area contributed by atoms with Crippen LogP contribution >= 0.6 is 0 Å². The highest BCUT2D eigenvalue weighted by molar-refractivity contribution is 6.05. The number of aromatic nitrogens is 1. The molecule has 1 aromatic heterocycles. The van der Waals surface area contributed by atoms with E-state index >= 15 is 0 Å². The molecule has 4 heteroatoms. The monoisotopic (exact) mass is 205 g/mol. The number of carbonyl (C=O) groups excluding carboxylic acids is 2. The Morgan fingerprint density at radius 3 is 2.80 bits per heavy atom. The van der Waals surface area contributed by atoms with Gasteiger partial charge in [0.25, 0.3) is 0 Å². The molecule has 0 aliphatic rings. The standard InChI is InChI=1S/C11H11NO3/c1-2-15-11(14)7-6-10(13)9-5-3-4-8-12-9/h3-8H,2H2,1H3. The summed E-state index contributed by atoms with van der Waals surface area (Å²) in [5.74, 6) is -0.842. The highest BCUT2D eigenvalue weighted by Gasteiger charge is 2.02. The Balaban J connectivity index is 2.60. The number of hydrogen-bond donors (Lipinski definition) is 0. The van der Waals surface area contributed by atoms with Crippen LogP contribution in [0.1, 0.15) is 17.4 Å². The second-order valence-corrected chi connectivity index (χ2v) is 2.66. The number of allylic oxidation sites excluding steroid dienone is 1. The Kier molecular flexibility index (Phi) is 4.22. The smallest absolute Gasteiger partial charge is 0.330 e. The van der Waals surface area contributed by atoms with Gasteiger partial charge in [-0.1, -0.05) is 6.07 Å². The second kappa shape index (κ2) is 5.70. The fraction of sp³-hybridized carbons (Fsp3) is 0.182. The van der Waals surface area contributed by atoms with Crippen molar-refractivity contribution in [3.05, 3.63) is 42.2 Å². The SMILES string of the molecule is CCOC(=O)C=CC(=O)c1ccccn1. The quantitative estimate of drug-likeness (QED) is 0.423. The van der Waals surface area contributed by atoms with Crippen molar-refractivity contribution in [3.8, 4) is 0 Å². The van der Waals surface area contributed by atoms with E-state index in [2.05, 4.69) is 9.72 Å². The van der Waals surface area contributed by atoms with Crippen molar-refractivity contribution in [1.82, 2.24) is 4.98 Å². The van der Waals surface area contributed by atoms with E-state index in [1.165, 1.54) is 6.20 Å². The minimum absolute atomic E-state index is 0.293. The van der Waals surface area contributed by atoms with E-state index in [0.717, 1.165) is 12.2 Å². The van der Waals surface area contributed by atoms with Crippen molar-refractivity contribution >= 4 is 11.8 Å². The van der Waals surface area contributed by atoms with E-state index in [0.29, 0.717) is 12.3 Å². The molecule has 0 saturated carbocycles. The minimum Gasteiger partial charge on any atom is -0.463 e. The van der Waals surface area contributed by atoms with Gasteiger partial charge in [0.1, 0.15) is 5.69 Å². The number of esters is 1. The molecule has 0 saturated heterocycles. The van der Waals surface area contributed by atoms with Crippen molar-refractivity contribution in [2.75, 3.05) is 6.61 Å². The summed E-state index contributed by atoms with van der Waals surface area (Å²) in [6.07, 6.45) is 3.77. The lowest BCUT2D eigenvalue weighted by molar-refractivity contribution is -0.137. The van der Waals surface area contributed by atoms with Crippen LogP contribution in [0.5, 0.6) is 0 Å². The lowest BCUT2D eigenvalue weighted by Gasteiger charge is -1.94. The van der Waals surface area contributed by atoms with Crippen LogP contribution < -0.4 is 0 Å².